The molecule has 0 spiro atoms. The number of hydrogen-bond acceptors (Lipinski definition) is 2. The van der Waals surface area contributed by atoms with Gasteiger partial charge in [-0.25, -0.2) is 0 Å². The van der Waals surface area contributed by atoms with Crippen molar-refractivity contribution in [2.45, 2.75) is 70.6 Å². The van der Waals surface area contributed by atoms with Crippen LogP contribution >= 0.6 is 0 Å². The maximum Gasteiger partial charge on any atom is 0.0314 e. The molecule has 0 aliphatic rings. The zero-order valence-electron chi connectivity index (χ0n) is 22.5. The van der Waals surface area contributed by atoms with Crippen LogP contribution in [0.15, 0.2) is 97.1 Å². The van der Waals surface area contributed by atoms with Crippen molar-refractivity contribution in [2.75, 3.05) is 11.5 Å². The molecule has 4 rings (SSSR count). The number of anilines is 2. The summed E-state index contributed by atoms with van der Waals surface area (Å²) >= 11 is 0. The summed E-state index contributed by atoms with van der Waals surface area (Å²) in [6.07, 6.45) is 9.12. The van der Waals surface area contributed by atoms with Crippen LogP contribution in [0, 0.1) is 0 Å². The molecule has 0 heterocycles. The summed E-state index contributed by atoms with van der Waals surface area (Å²) in [4.78, 5) is 0. The highest BCUT2D eigenvalue weighted by atomic mass is 14.5. The maximum absolute atomic E-state index is 5.87. The minimum absolute atomic E-state index is 0.0450. The molecular weight excluding hydrogens is 448 g/mol. The van der Waals surface area contributed by atoms with Gasteiger partial charge in [0.05, 0.1) is 0 Å². The number of nitrogens with two attached hydrogens (primary N) is 2. The van der Waals surface area contributed by atoms with Crippen LogP contribution in [0.3, 0.4) is 0 Å². The monoisotopic (exact) mass is 490 g/mol. The Morgan fingerprint density at radius 1 is 0.459 bits per heavy atom. The van der Waals surface area contributed by atoms with Crippen molar-refractivity contribution in [3.8, 4) is 0 Å². The molecule has 0 aliphatic heterocycles. The minimum atomic E-state index is 0.0450. The molecule has 0 fully saturated rings. The van der Waals surface area contributed by atoms with Crippen LogP contribution in [0.5, 0.6) is 0 Å². The molecule has 0 saturated carbocycles. The van der Waals surface area contributed by atoms with Gasteiger partial charge in [0.15, 0.2) is 0 Å². The Hall–Kier alpha value is -3.52. The lowest BCUT2D eigenvalue weighted by molar-refractivity contribution is 0.410. The molecule has 4 aromatic carbocycles. The fourth-order valence-electron chi connectivity index (χ4n) is 5.60. The van der Waals surface area contributed by atoms with E-state index in [1.165, 1.54) is 59.1 Å². The van der Waals surface area contributed by atoms with E-state index in [-0.39, 0.29) is 5.41 Å². The smallest absolute Gasteiger partial charge is 0.0314 e. The number of unbranched alkanes of at least 4 members (excludes halogenated alkanes) is 2. The van der Waals surface area contributed by atoms with E-state index in [1.54, 1.807) is 0 Å². The maximum atomic E-state index is 5.87. The largest absolute Gasteiger partial charge is 0.399 e. The van der Waals surface area contributed by atoms with Gasteiger partial charge in [-0.1, -0.05) is 112 Å². The summed E-state index contributed by atoms with van der Waals surface area (Å²) in [5, 5.41) is 0. The van der Waals surface area contributed by atoms with Crippen LogP contribution in [-0.4, -0.2) is 0 Å². The van der Waals surface area contributed by atoms with Crippen LogP contribution in [0.4, 0.5) is 11.4 Å². The molecule has 0 aliphatic carbocycles. The Morgan fingerprint density at radius 3 is 1.19 bits per heavy atom. The van der Waals surface area contributed by atoms with E-state index >= 15 is 0 Å². The third-order valence-electron chi connectivity index (χ3n) is 7.67. The minimum Gasteiger partial charge on any atom is -0.399 e. The average molecular weight is 491 g/mol. The zero-order valence-corrected chi connectivity index (χ0v) is 22.5. The first-order valence-electron chi connectivity index (χ1n) is 13.9. The highest BCUT2D eigenvalue weighted by Gasteiger charge is 2.33. The van der Waals surface area contributed by atoms with Crippen LogP contribution in [0.2, 0.25) is 0 Å². The van der Waals surface area contributed by atoms with Crippen LogP contribution < -0.4 is 11.5 Å². The van der Waals surface area contributed by atoms with Crippen molar-refractivity contribution in [3.05, 3.63) is 130 Å². The first-order valence-corrected chi connectivity index (χ1v) is 13.9. The summed E-state index contributed by atoms with van der Waals surface area (Å²) < 4.78 is 0. The molecule has 0 atom stereocenters. The number of benzene rings is 4. The van der Waals surface area contributed by atoms with E-state index in [2.05, 4.69) is 86.6 Å². The SMILES string of the molecule is CCCCCC(CCC)(c1ccc(Cc2ccc(N)cc2)cc1)c1ccc(Cc2ccc(N)cc2)cc1. The predicted molar refractivity (Wildman–Crippen MR) is 160 cm³/mol. The third-order valence-corrected chi connectivity index (χ3v) is 7.67. The Bertz CT molecular complexity index is 1130. The second-order valence-electron chi connectivity index (χ2n) is 10.5. The molecule has 0 radical (unpaired) electrons. The Morgan fingerprint density at radius 2 is 0.838 bits per heavy atom. The average Bonchev–Trinajstić information content (AvgIpc) is 2.92. The van der Waals surface area contributed by atoms with Gasteiger partial charge in [0.1, 0.15) is 0 Å². The number of rotatable bonds is 12. The number of nitrogen functional groups attached to an aromatic ring is 2. The fourth-order valence-corrected chi connectivity index (χ4v) is 5.60. The highest BCUT2D eigenvalue weighted by molar-refractivity contribution is 5.45. The Kier molecular flexibility index (Phi) is 9.06. The molecule has 2 heteroatoms. The molecule has 0 amide bonds. The van der Waals surface area contributed by atoms with E-state index in [1.807, 2.05) is 24.3 Å². The summed E-state index contributed by atoms with van der Waals surface area (Å²) in [6.45, 7) is 4.61. The van der Waals surface area contributed by atoms with E-state index in [0.717, 1.165) is 37.1 Å². The van der Waals surface area contributed by atoms with Crippen molar-refractivity contribution in [1.29, 1.82) is 0 Å². The predicted octanol–water partition coefficient (Wildman–Crippen LogP) is 8.70. The topological polar surface area (TPSA) is 52.0 Å². The molecule has 0 unspecified atom stereocenters. The molecule has 4 N–H and O–H groups in total. The molecule has 37 heavy (non-hydrogen) atoms. The third kappa shape index (κ3) is 6.83. The Balaban J connectivity index is 1.61. The van der Waals surface area contributed by atoms with Gasteiger partial charge in [0.25, 0.3) is 0 Å². The molecular formula is C35H42N2. The van der Waals surface area contributed by atoms with E-state index < -0.39 is 0 Å². The van der Waals surface area contributed by atoms with Crippen LogP contribution in [-0.2, 0) is 18.3 Å². The Labute approximate surface area is 223 Å². The number of hydrogen-bond donors (Lipinski definition) is 2. The van der Waals surface area contributed by atoms with Crippen molar-refractivity contribution in [3.63, 3.8) is 0 Å². The molecule has 2 nitrogen and oxygen atoms in total. The molecule has 4 aromatic rings. The standard InChI is InChI=1S/C35H42N2/c1-3-5-6-24-35(23-4-2,31-15-7-27(8-16-31)25-29-11-19-33(36)20-12-29)32-17-9-28(10-18-32)26-30-13-21-34(37)22-14-30/h7-22H,3-6,23-26,36-37H2,1-2H3. The van der Waals surface area contributed by atoms with E-state index in [4.69, 9.17) is 11.5 Å². The quantitative estimate of drug-likeness (QED) is 0.154. The highest BCUT2D eigenvalue weighted by Crippen LogP contribution is 2.42. The van der Waals surface area contributed by atoms with Gasteiger partial charge >= 0.3 is 0 Å². The first kappa shape index (κ1) is 26.5. The second kappa shape index (κ2) is 12.6. The molecule has 0 saturated heterocycles. The normalized spacial score (nSPS) is 11.5. The van der Waals surface area contributed by atoms with Gasteiger partial charge < -0.3 is 11.5 Å². The van der Waals surface area contributed by atoms with Gasteiger partial charge in [0.2, 0.25) is 0 Å². The van der Waals surface area contributed by atoms with Crippen LogP contribution in [0.1, 0.15) is 85.8 Å². The first-order chi connectivity index (χ1) is 18.0. The van der Waals surface area contributed by atoms with Crippen molar-refractivity contribution in [2.24, 2.45) is 0 Å². The summed E-state index contributed by atoms with van der Waals surface area (Å²) in [6, 6.07) is 35.3. The van der Waals surface area contributed by atoms with Gasteiger partial charge in [-0.2, -0.15) is 0 Å². The summed E-state index contributed by atoms with van der Waals surface area (Å²) in [5.41, 5.74) is 21.6. The van der Waals surface area contributed by atoms with Gasteiger partial charge in [-0.15, -0.1) is 0 Å². The lowest BCUT2D eigenvalue weighted by Crippen LogP contribution is -2.28. The molecule has 0 aromatic heterocycles. The summed E-state index contributed by atoms with van der Waals surface area (Å²) in [7, 11) is 0. The fraction of sp³-hybridized carbons (Fsp3) is 0.314. The lowest BCUT2D eigenvalue weighted by Gasteiger charge is -2.36. The van der Waals surface area contributed by atoms with Gasteiger partial charge in [0, 0.05) is 16.8 Å². The van der Waals surface area contributed by atoms with Gasteiger partial charge in [-0.05, 0) is 83.3 Å². The van der Waals surface area contributed by atoms with Crippen molar-refractivity contribution >= 4 is 11.4 Å². The lowest BCUT2D eigenvalue weighted by atomic mass is 9.68. The van der Waals surface area contributed by atoms with Crippen molar-refractivity contribution in [1.82, 2.24) is 0 Å². The van der Waals surface area contributed by atoms with E-state index in [9.17, 15) is 0 Å². The van der Waals surface area contributed by atoms with E-state index in [0.29, 0.717) is 0 Å². The summed E-state index contributed by atoms with van der Waals surface area (Å²) in [5.74, 6) is 0. The van der Waals surface area contributed by atoms with Crippen molar-refractivity contribution < 1.29 is 0 Å². The van der Waals surface area contributed by atoms with Crippen LogP contribution in [0.25, 0.3) is 0 Å². The zero-order chi connectivity index (χ0) is 26.1. The second-order valence-corrected chi connectivity index (χ2v) is 10.5. The molecule has 192 valence electrons. The van der Waals surface area contributed by atoms with Gasteiger partial charge in [-0.3, -0.25) is 0 Å². The molecule has 0 bridgehead atoms.